The highest BCUT2D eigenvalue weighted by molar-refractivity contribution is 5.94. The SMILES string of the molecule is NC(C(=O)Nc1cccc(Cn2nc3ccccn3c2=O)c1)C1CCOCC1. The maximum Gasteiger partial charge on any atom is 0.350 e. The number of amides is 1. The third kappa shape index (κ3) is 3.83. The number of fused-ring (bicyclic) bond motifs is 1. The molecule has 0 bridgehead atoms. The van der Waals surface area contributed by atoms with Gasteiger partial charge in [0.05, 0.1) is 12.6 Å². The van der Waals surface area contributed by atoms with Gasteiger partial charge in [0.25, 0.3) is 0 Å². The van der Waals surface area contributed by atoms with Gasteiger partial charge in [-0.15, -0.1) is 5.10 Å². The minimum atomic E-state index is -0.561. The fraction of sp³-hybridized carbons (Fsp3) is 0.350. The number of carbonyl (C=O) groups is 1. The minimum Gasteiger partial charge on any atom is -0.381 e. The van der Waals surface area contributed by atoms with Gasteiger partial charge < -0.3 is 15.8 Å². The van der Waals surface area contributed by atoms with E-state index in [0.29, 0.717) is 31.1 Å². The van der Waals surface area contributed by atoms with E-state index < -0.39 is 6.04 Å². The minimum absolute atomic E-state index is 0.133. The molecule has 0 spiro atoms. The van der Waals surface area contributed by atoms with Gasteiger partial charge in [-0.25, -0.2) is 9.48 Å². The number of nitrogens with two attached hydrogens (primary N) is 1. The highest BCUT2D eigenvalue weighted by Crippen LogP contribution is 2.19. The van der Waals surface area contributed by atoms with E-state index >= 15 is 0 Å². The van der Waals surface area contributed by atoms with Gasteiger partial charge in [-0.05, 0) is 48.6 Å². The molecule has 1 fully saturated rings. The van der Waals surface area contributed by atoms with Crippen molar-refractivity contribution in [1.82, 2.24) is 14.2 Å². The quantitative estimate of drug-likeness (QED) is 0.692. The van der Waals surface area contributed by atoms with Crippen molar-refractivity contribution in [1.29, 1.82) is 0 Å². The molecule has 8 nitrogen and oxygen atoms in total. The van der Waals surface area contributed by atoms with Gasteiger partial charge in [-0.1, -0.05) is 18.2 Å². The van der Waals surface area contributed by atoms with Crippen molar-refractivity contribution >= 4 is 17.2 Å². The van der Waals surface area contributed by atoms with Crippen LogP contribution in [0.3, 0.4) is 0 Å². The zero-order valence-electron chi connectivity index (χ0n) is 15.5. The molecule has 0 saturated carbocycles. The molecule has 146 valence electrons. The summed E-state index contributed by atoms with van der Waals surface area (Å²) in [5.41, 5.74) is 8.05. The van der Waals surface area contributed by atoms with Crippen LogP contribution in [0.4, 0.5) is 5.69 Å². The van der Waals surface area contributed by atoms with Crippen molar-refractivity contribution in [2.45, 2.75) is 25.4 Å². The summed E-state index contributed by atoms with van der Waals surface area (Å²) in [6.45, 7) is 1.61. The van der Waals surface area contributed by atoms with E-state index in [-0.39, 0.29) is 17.5 Å². The van der Waals surface area contributed by atoms with Gasteiger partial charge in [-0.3, -0.25) is 9.20 Å². The topological polar surface area (TPSA) is 104 Å². The van der Waals surface area contributed by atoms with Crippen molar-refractivity contribution in [3.05, 3.63) is 64.7 Å². The first kappa shape index (κ1) is 18.4. The summed E-state index contributed by atoms with van der Waals surface area (Å²) in [6, 6.07) is 12.2. The Morgan fingerprint density at radius 1 is 1.25 bits per heavy atom. The molecular weight excluding hydrogens is 358 g/mol. The van der Waals surface area contributed by atoms with Crippen molar-refractivity contribution in [3.63, 3.8) is 0 Å². The molecule has 28 heavy (non-hydrogen) atoms. The Morgan fingerprint density at radius 3 is 2.86 bits per heavy atom. The zero-order chi connectivity index (χ0) is 19.5. The third-order valence-corrected chi connectivity index (χ3v) is 5.09. The van der Waals surface area contributed by atoms with Crippen LogP contribution < -0.4 is 16.7 Å². The maximum atomic E-state index is 12.5. The van der Waals surface area contributed by atoms with Gasteiger partial charge >= 0.3 is 5.69 Å². The van der Waals surface area contributed by atoms with Crippen LogP contribution in [-0.4, -0.2) is 39.3 Å². The van der Waals surface area contributed by atoms with Crippen LogP contribution in [0.25, 0.3) is 5.65 Å². The van der Waals surface area contributed by atoms with E-state index in [1.54, 1.807) is 18.3 Å². The van der Waals surface area contributed by atoms with E-state index in [1.165, 1.54) is 9.08 Å². The summed E-state index contributed by atoms with van der Waals surface area (Å²) in [6.07, 6.45) is 3.28. The predicted octanol–water partition coefficient (Wildman–Crippen LogP) is 1.24. The molecule has 1 saturated heterocycles. The second-order valence-corrected chi connectivity index (χ2v) is 7.03. The van der Waals surface area contributed by atoms with Crippen LogP contribution in [0.5, 0.6) is 0 Å². The normalized spacial score (nSPS) is 16.2. The number of benzene rings is 1. The molecule has 3 heterocycles. The molecule has 1 amide bonds. The summed E-state index contributed by atoms with van der Waals surface area (Å²) in [7, 11) is 0. The molecule has 1 atom stereocenters. The number of hydrogen-bond donors (Lipinski definition) is 2. The molecule has 1 aliphatic heterocycles. The fourth-order valence-electron chi connectivity index (χ4n) is 3.51. The largest absolute Gasteiger partial charge is 0.381 e. The zero-order valence-corrected chi connectivity index (χ0v) is 15.5. The molecule has 1 aromatic carbocycles. The molecule has 1 unspecified atom stereocenters. The maximum absolute atomic E-state index is 12.5. The first-order valence-corrected chi connectivity index (χ1v) is 9.39. The number of carbonyl (C=O) groups excluding carboxylic acids is 1. The number of aromatic nitrogens is 3. The molecule has 0 aliphatic carbocycles. The molecule has 2 aromatic heterocycles. The van der Waals surface area contributed by atoms with Crippen molar-refractivity contribution in [3.8, 4) is 0 Å². The first-order valence-electron chi connectivity index (χ1n) is 9.39. The first-order chi connectivity index (χ1) is 13.6. The van der Waals surface area contributed by atoms with Crippen molar-refractivity contribution in [2.75, 3.05) is 18.5 Å². The van der Waals surface area contributed by atoms with Crippen molar-refractivity contribution < 1.29 is 9.53 Å². The Hall–Kier alpha value is -2.97. The van der Waals surface area contributed by atoms with Gasteiger partial charge in [0.1, 0.15) is 0 Å². The lowest BCUT2D eigenvalue weighted by Gasteiger charge is -2.26. The van der Waals surface area contributed by atoms with E-state index in [2.05, 4.69) is 10.4 Å². The van der Waals surface area contributed by atoms with Gasteiger partial charge in [-0.2, -0.15) is 0 Å². The molecular formula is C20H23N5O3. The summed E-state index contributed by atoms with van der Waals surface area (Å²) in [5, 5.41) is 7.22. The number of nitrogens with one attached hydrogen (secondary N) is 1. The van der Waals surface area contributed by atoms with Crippen LogP contribution in [0.1, 0.15) is 18.4 Å². The average Bonchev–Trinajstić information content (AvgIpc) is 3.04. The second kappa shape index (κ2) is 7.95. The lowest BCUT2D eigenvalue weighted by Crippen LogP contribution is -2.44. The molecule has 1 aliphatic rings. The van der Waals surface area contributed by atoms with Crippen LogP contribution in [0, 0.1) is 5.92 Å². The summed E-state index contributed by atoms with van der Waals surface area (Å²) >= 11 is 0. The Morgan fingerprint density at radius 2 is 2.07 bits per heavy atom. The Kier molecular flexibility index (Phi) is 5.23. The third-order valence-electron chi connectivity index (χ3n) is 5.09. The van der Waals surface area contributed by atoms with E-state index in [0.717, 1.165) is 18.4 Å². The summed E-state index contributed by atoms with van der Waals surface area (Å²) in [5.74, 6) is -0.0672. The van der Waals surface area contributed by atoms with E-state index in [9.17, 15) is 9.59 Å². The second-order valence-electron chi connectivity index (χ2n) is 7.03. The number of anilines is 1. The predicted molar refractivity (Wildman–Crippen MR) is 105 cm³/mol. The Balaban J connectivity index is 1.47. The monoisotopic (exact) mass is 381 g/mol. The van der Waals surface area contributed by atoms with Crippen molar-refractivity contribution in [2.24, 2.45) is 11.7 Å². The van der Waals surface area contributed by atoms with Crippen LogP contribution in [0.2, 0.25) is 0 Å². The summed E-state index contributed by atoms with van der Waals surface area (Å²) in [4.78, 5) is 24.9. The lowest BCUT2D eigenvalue weighted by atomic mass is 9.92. The highest BCUT2D eigenvalue weighted by atomic mass is 16.5. The highest BCUT2D eigenvalue weighted by Gasteiger charge is 2.26. The van der Waals surface area contributed by atoms with Crippen LogP contribution in [0.15, 0.2) is 53.5 Å². The number of hydrogen-bond acceptors (Lipinski definition) is 5. The summed E-state index contributed by atoms with van der Waals surface area (Å²) < 4.78 is 8.23. The van der Waals surface area contributed by atoms with Gasteiger partial charge in [0.2, 0.25) is 5.91 Å². The Bertz CT molecular complexity index is 1040. The van der Waals surface area contributed by atoms with Crippen LogP contribution >= 0.6 is 0 Å². The van der Waals surface area contributed by atoms with Gasteiger partial charge in [0, 0.05) is 25.1 Å². The molecule has 3 N–H and O–H groups in total. The molecule has 0 radical (unpaired) electrons. The molecule has 4 rings (SSSR count). The lowest BCUT2D eigenvalue weighted by molar-refractivity contribution is -0.119. The number of ether oxygens (including phenoxy) is 1. The smallest absolute Gasteiger partial charge is 0.350 e. The number of nitrogens with zero attached hydrogens (tertiary/aromatic N) is 3. The van der Waals surface area contributed by atoms with E-state index in [4.69, 9.17) is 10.5 Å². The molecule has 8 heteroatoms. The average molecular weight is 381 g/mol. The number of rotatable bonds is 5. The van der Waals surface area contributed by atoms with E-state index in [1.807, 2.05) is 30.3 Å². The fourth-order valence-corrected chi connectivity index (χ4v) is 3.51. The molecule has 3 aromatic rings. The van der Waals surface area contributed by atoms with Gasteiger partial charge in [0.15, 0.2) is 5.65 Å². The Labute approximate surface area is 161 Å². The van der Waals surface area contributed by atoms with Crippen LogP contribution in [-0.2, 0) is 16.1 Å². The standard InChI is InChI=1S/C20H23N5O3/c21-18(15-7-10-28-11-8-15)19(26)22-16-5-3-4-14(12-16)13-25-20(27)24-9-2-1-6-17(24)23-25/h1-6,9,12,15,18H,7-8,10-11,13,21H2,(H,22,26). The number of pyridine rings is 1.